The Hall–Kier alpha value is -1.75. The maximum atomic E-state index is 12.6. The van der Waals surface area contributed by atoms with Crippen LogP contribution in [0.1, 0.15) is 30.1 Å². The molecule has 2 rings (SSSR count). The number of carboxylic acids is 1. The molecule has 6 heteroatoms. The van der Waals surface area contributed by atoms with Gasteiger partial charge >= 0.3 is 5.97 Å². The minimum absolute atomic E-state index is 0.207. The van der Waals surface area contributed by atoms with Crippen LogP contribution in [0.3, 0.4) is 0 Å². The molecule has 21 heavy (non-hydrogen) atoms. The van der Waals surface area contributed by atoms with Gasteiger partial charge in [0.15, 0.2) is 0 Å². The number of halogens is 1. The van der Waals surface area contributed by atoms with E-state index in [1.54, 1.807) is 23.1 Å². The summed E-state index contributed by atoms with van der Waals surface area (Å²) >= 11 is 5.93. The molecule has 114 valence electrons. The zero-order valence-electron chi connectivity index (χ0n) is 11.8. The van der Waals surface area contributed by atoms with E-state index in [4.69, 9.17) is 21.4 Å². The second-order valence-electron chi connectivity index (χ2n) is 5.00. The molecule has 0 radical (unpaired) electrons. The highest BCUT2D eigenvalue weighted by molar-refractivity contribution is 6.30. The summed E-state index contributed by atoms with van der Waals surface area (Å²) in [6, 6.07) is 4.87. The monoisotopic (exact) mass is 311 g/mol. The molecule has 1 heterocycles. The highest BCUT2D eigenvalue weighted by Crippen LogP contribution is 2.27. The fourth-order valence-corrected chi connectivity index (χ4v) is 2.64. The van der Waals surface area contributed by atoms with Crippen LogP contribution in [0.25, 0.3) is 0 Å². The number of ether oxygens (including phenoxy) is 1. The van der Waals surface area contributed by atoms with E-state index in [1.807, 2.05) is 6.92 Å². The van der Waals surface area contributed by atoms with Crippen molar-refractivity contribution in [2.24, 2.45) is 5.92 Å². The fraction of sp³-hybridized carbons (Fsp3) is 0.467. The molecule has 1 aromatic carbocycles. The number of amides is 1. The van der Waals surface area contributed by atoms with Gasteiger partial charge in [0.25, 0.3) is 5.91 Å². The first-order valence-electron chi connectivity index (χ1n) is 6.97. The predicted molar refractivity (Wildman–Crippen MR) is 78.9 cm³/mol. The Bertz CT molecular complexity index is 546. The van der Waals surface area contributed by atoms with Crippen LogP contribution >= 0.6 is 11.6 Å². The van der Waals surface area contributed by atoms with Gasteiger partial charge in [-0.3, -0.25) is 9.59 Å². The molecule has 0 aromatic heterocycles. The van der Waals surface area contributed by atoms with Crippen LogP contribution in [0.2, 0.25) is 5.02 Å². The van der Waals surface area contributed by atoms with Gasteiger partial charge in [0, 0.05) is 18.1 Å². The van der Waals surface area contributed by atoms with Gasteiger partial charge in [0.1, 0.15) is 5.75 Å². The largest absolute Gasteiger partial charge is 0.493 e. The van der Waals surface area contributed by atoms with Crippen LogP contribution in [-0.4, -0.2) is 41.6 Å². The zero-order valence-corrected chi connectivity index (χ0v) is 12.6. The number of benzene rings is 1. The summed E-state index contributed by atoms with van der Waals surface area (Å²) in [7, 11) is 0. The van der Waals surface area contributed by atoms with Gasteiger partial charge in [-0.2, -0.15) is 0 Å². The molecule has 1 atom stereocenters. The van der Waals surface area contributed by atoms with Crippen LogP contribution < -0.4 is 4.74 Å². The summed E-state index contributed by atoms with van der Waals surface area (Å²) in [6.07, 6.45) is 1.30. The fourth-order valence-electron chi connectivity index (χ4n) is 2.48. The molecule has 0 saturated carbocycles. The first kappa shape index (κ1) is 15.6. The summed E-state index contributed by atoms with van der Waals surface area (Å²) in [5.41, 5.74) is 0.423. The summed E-state index contributed by atoms with van der Waals surface area (Å²) in [5.74, 6) is -1.12. The molecule has 0 aliphatic carbocycles. The lowest BCUT2D eigenvalue weighted by Crippen LogP contribution is -2.42. The average molecular weight is 312 g/mol. The van der Waals surface area contributed by atoms with E-state index in [0.717, 1.165) is 0 Å². The Morgan fingerprint density at radius 3 is 2.90 bits per heavy atom. The molecule has 5 nitrogen and oxygen atoms in total. The number of carbonyl (C=O) groups is 2. The molecule has 1 aromatic rings. The van der Waals surface area contributed by atoms with Gasteiger partial charge in [-0.25, -0.2) is 0 Å². The molecule has 1 amide bonds. The summed E-state index contributed by atoms with van der Waals surface area (Å²) in [4.78, 5) is 25.3. The van der Waals surface area contributed by atoms with Crippen molar-refractivity contribution in [2.45, 2.75) is 19.8 Å². The van der Waals surface area contributed by atoms with Crippen LogP contribution in [0, 0.1) is 5.92 Å². The van der Waals surface area contributed by atoms with Gasteiger partial charge in [-0.15, -0.1) is 0 Å². The zero-order chi connectivity index (χ0) is 15.4. The summed E-state index contributed by atoms with van der Waals surface area (Å²) < 4.78 is 5.46. The molecule has 0 bridgehead atoms. The van der Waals surface area contributed by atoms with Gasteiger partial charge in [-0.05, 0) is 38.0 Å². The lowest BCUT2D eigenvalue weighted by molar-refractivity contribution is -0.143. The molecule has 1 N–H and O–H groups in total. The third kappa shape index (κ3) is 3.67. The Balaban J connectivity index is 2.21. The van der Waals surface area contributed by atoms with E-state index in [9.17, 15) is 9.59 Å². The average Bonchev–Trinajstić information content (AvgIpc) is 2.47. The highest BCUT2D eigenvalue weighted by atomic mass is 35.5. The molecule has 1 fully saturated rings. The molecule has 0 unspecified atom stereocenters. The minimum atomic E-state index is -0.853. The standard InChI is InChI=1S/C15H18ClNO4/c1-2-21-13-8-11(16)5-6-12(13)14(18)17-7-3-4-10(9-17)15(19)20/h5-6,8,10H,2-4,7,9H2,1H3,(H,19,20)/t10-/m0/s1. The number of hydrogen-bond acceptors (Lipinski definition) is 3. The van der Waals surface area contributed by atoms with Crippen LogP contribution in [-0.2, 0) is 4.79 Å². The molecular weight excluding hydrogens is 294 g/mol. The third-order valence-corrected chi connectivity index (χ3v) is 3.77. The van der Waals surface area contributed by atoms with Crippen molar-refractivity contribution in [1.82, 2.24) is 4.90 Å². The van der Waals surface area contributed by atoms with Crippen molar-refractivity contribution in [3.05, 3.63) is 28.8 Å². The smallest absolute Gasteiger partial charge is 0.308 e. The minimum Gasteiger partial charge on any atom is -0.493 e. The van der Waals surface area contributed by atoms with Crippen molar-refractivity contribution in [1.29, 1.82) is 0 Å². The number of rotatable bonds is 4. The van der Waals surface area contributed by atoms with Gasteiger partial charge in [-0.1, -0.05) is 11.6 Å². The van der Waals surface area contributed by atoms with Crippen LogP contribution in [0.4, 0.5) is 0 Å². The third-order valence-electron chi connectivity index (χ3n) is 3.53. The Morgan fingerprint density at radius 1 is 1.48 bits per heavy atom. The van der Waals surface area contributed by atoms with E-state index in [0.29, 0.717) is 42.3 Å². The van der Waals surface area contributed by atoms with Gasteiger partial charge in [0.2, 0.25) is 0 Å². The number of carboxylic acid groups (broad SMARTS) is 1. The topological polar surface area (TPSA) is 66.8 Å². The number of hydrogen-bond donors (Lipinski definition) is 1. The van der Waals surface area contributed by atoms with Crippen LogP contribution in [0.15, 0.2) is 18.2 Å². The first-order chi connectivity index (χ1) is 10.0. The maximum absolute atomic E-state index is 12.6. The predicted octanol–water partition coefficient (Wildman–Crippen LogP) is 2.68. The lowest BCUT2D eigenvalue weighted by atomic mass is 9.97. The van der Waals surface area contributed by atoms with Crippen molar-refractivity contribution in [3.63, 3.8) is 0 Å². The number of aliphatic carboxylic acids is 1. The van der Waals surface area contributed by atoms with Crippen molar-refractivity contribution >= 4 is 23.5 Å². The summed E-state index contributed by atoms with van der Waals surface area (Å²) in [6.45, 7) is 3.06. The van der Waals surface area contributed by atoms with E-state index < -0.39 is 11.9 Å². The molecule has 0 spiro atoms. The molecule has 1 saturated heterocycles. The maximum Gasteiger partial charge on any atom is 0.308 e. The number of piperidine rings is 1. The van der Waals surface area contributed by atoms with Crippen molar-refractivity contribution in [2.75, 3.05) is 19.7 Å². The van der Waals surface area contributed by atoms with Crippen LogP contribution in [0.5, 0.6) is 5.75 Å². The second-order valence-corrected chi connectivity index (χ2v) is 5.44. The van der Waals surface area contributed by atoms with Crippen molar-refractivity contribution in [3.8, 4) is 5.75 Å². The quantitative estimate of drug-likeness (QED) is 0.928. The Morgan fingerprint density at radius 2 is 2.24 bits per heavy atom. The highest BCUT2D eigenvalue weighted by Gasteiger charge is 2.29. The number of nitrogens with zero attached hydrogens (tertiary/aromatic N) is 1. The van der Waals surface area contributed by atoms with Gasteiger partial charge in [0.05, 0.1) is 18.1 Å². The van der Waals surface area contributed by atoms with Gasteiger partial charge < -0.3 is 14.7 Å². The first-order valence-corrected chi connectivity index (χ1v) is 7.35. The molecule has 1 aliphatic rings. The van der Waals surface area contributed by atoms with E-state index in [1.165, 1.54) is 0 Å². The van der Waals surface area contributed by atoms with E-state index >= 15 is 0 Å². The number of likely N-dealkylation sites (tertiary alicyclic amines) is 1. The lowest BCUT2D eigenvalue weighted by Gasteiger charge is -2.31. The number of carbonyl (C=O) groups excluding carboxylic acids is 1. The summed E-state index contributed by atoms with van der Waals surface area (Å²) in [5, 5.41) is 9.60. The van der Waals surface area contributed by atoms with Crippen molar-refractivity contribution < 1.29 is 19.4 Å². The normalized spacial score (nSPS) is 18.4. The van der Waals surface area contributed by atoms with E-state index in [2.05, 4.69) is 0 Å². The van der Waals surface area contributed by atoms with E-state index in [-0.39, 0.29) is 12.5 Å². The molecular formula is C15H18ClNO4. The molecule has 1 aliphatic heterocycles. The Kier molecular flexibility index (Phi) is 5.07. The SMILES string of the molecule is CCOc1cc(Cl)ccc1C(=O)N1CCC[C@H](C(=O)O)C1. The second kappa shape index (κ2) is 6.80. The Labute approximate surface area is 128 Å².